The quantitative estimate of drug-likeness (QED) is 0.804. The molecule has 0 radical (unpaired) electrons. The highest BCUT2D eigenvalue weighted by Gasteiger charge is 2.11. The summed E-state index contributed by atoms with van der Waals surface area (Å²) in [7, 11) is 0. The van der Waals surface area contributed by atoms with Crippen molar-refractivity contribution in [3.63, 3.8) is 0 Å². The first-order valence-electron chi connectivity index (χ1n) is 5.64. The number of hydrogen-bond acceptors (Lipinski definition) is 3. The van der Waals surface area contributed by atoms with Gasteiger partial charge >= 0.3 is 0 Å². The Labute approximate surface area is 92.3 Å². The molecule has 0 fully saturated rings. The van der Waals surface area contributed by atoms with Gasteiger partial charge < -0.3 is 10.6 Å². The Morgan fingerprint density at radius 2 is 2.20 bits per heavy atom. The monoisotopic (exact) mass is 207 g/mol. The number of nitrogens with zero attached hydrogens (tertiary/aromatic N) is 2. The standard InChI is InChI=1S/C12H21N3/c1-4-10(3)15(5-2)12-8-11(9-13)6-7-14-12/h6-8,10H,4-5,9,13H2,1-3H3. The number of pyridine rings is 1. The number of hydrogen-bond donors (Lipinski definition) is 1. The van der Waals surface area contributed by atoms with Crippen LogP contribution in [-0.2, 0) is 6.54 Å². The number of rotatable bonds is 5. The fraction of sp³-hybridized carbons (Fsp3) is 0.583. The third-order valence-electron chi connectivity index (χ3n) is 2.80. The summed E-state index contributed by atoms with van der Waals surface area (Å²) in [6.45, 7) is 8.13. The average Bonchev–Trinajstić information content (AvgIpc) is 2.30. The highest BCUT2D eigenvalue weighted by molar-refractivity contribution is 5.41. The molecule has 0 bridgehead atoms. The van der Waals surface area contributed by atoms with Crippen LogP contribution in [-0.4, -0.2) is 17.6 Å². The van der Waals surface area contributed by atoms with Crippen molar-refractivity contribution >= 4 is 5.82 Å². The second-order valence-electron chi connectivity index (χ2n) is 3.77. The predicted molar refractivity (Wildman–Crippen MR) is 64.9 cm³/mol. The van der Waals surface area contributed by atoms with Crippen molar-refractivity contribution in [3.8, 4) is 0 Å². The van der Waals surface area contributed by atoms with Gasteiger partial charge in [-0.15, -0.1) is 0 Å². The summed E-state index contributed by atoms with van der Waals surface area (Å²) in [6, 6.07) is 4.57. The lowest BCUT2D eigenvalue weighted by molar-refractivity contribution is 0.622. The van der Waals surface area contributed by atoms with Gasteiger partial charge in [0.25, 0.3) is 0 Å². The van der Waals surface area contributed by atoms with Crippen LogP contribution in [0.15, 0.2) is 18.3 Å². The molecule has 84 valence electrons. The number of nitrogens with two attached hydrogens (primary N) is 1. The maximum atomic E-state index is 5.62. The minimum Gasteiger partial charge on any atom is -0.354 e. The van der Waals surface area contributed by atoms with Gasteiger partial charge in [0.1, 0.15) is 5.82 Å². The first-order chi connectivity index (χ1) is 7.22. The molecule has 0 saturated heterocycles. The topological polar surface area (TPSA) is 42.1 Å². The lowest BCUT2D eigenvalue weighted by Gasteiger charge is -2.28. The zero-order valence-corrected chi connectivity index (χ0v) is 9.90. The van der Waals surface area contributed by atoms with Crippen LogP contribution in [0.2, 0.25) is 0 Å². The van der Waals surface area contributed by atoms with Crippen molar-refractivity contribution in [3.05, 3.63) is 23.9 Å². The summed E-state index contributed by atoms with van der Waals surface area (Å²) in [5, 5.41) is 0. The highest BCUT2D eigenvalue weighted by atomic mass is 15.2. The third-order valence-corrected chi connectivity index (χ3v) is 2.80. The molecule has 0 aliphatic carbocycles. The molecule has 1 unspecified atom stereocenters. The summed E-state index contributed by atoms with van der Waals surface area (Å²) < 4.78 is 0. The summed E-state index contributed by atoms with van der Waals surface area (Å²) in [4.78, 5) is 6.70. The number of anilines is 1. The van der Waals surface area contributed by atoms with Crippen LogP contribution in [0, 0.1) is 0 Å². The summed E-state index contributed by atoms with van der Waals surface area (Å²) in [6.07, 6.45) is 2.96. The molecule has 2 N–H and O–H groups in total. The fourth-order valence-corrected chi connectivity index (χ4v) is 1.66. The van der Waals surface area contributed by atoms with Gasteiger partial charge in [0.05, 0.1) is 0 Å². The Bertz CT molecular complexity index is 299. The van der Waals surface area contributed by atoms with Gasteiger partial charge in [0.2, 0.25) is 0 Å². The molecule has 1 rings (SSSR count). The van der Waals surface area contributed by atoms with Gasteiger partial charge in [0.15, 0.2) is 0 Å². The summed E-state index contributed by atoms with van der Waals surface area (Å²) >= 11 is 0. The second-order valence-corrected chi connectivity index (χ2v) is 3.77. The highest BCUT2D eigenvalue weighted by Crippen LogP contribution is 2.16. The van der Waals surface area contributed by atoms with Crippen molar-refractivity contribution < 1.29 is 0 Å². The Morgan fingerprint density at radius 1 is 1.47 bits per heavy atom. The zero-order valence-electron chi connectivity index (χ0n) is 9.90. The Kier molecular flexibility index (Phi) is 4.56. The van der Waals surface area contributed by atoms with Crippen LogP contribution in [0.25, 0.3) is 0 Å². The van der Waals surface area contributed by atoms with Crippen LogP contribution in [0.1, 0.15) is 32.8 Å². The molecule has 0 saturated carbocycles. The first-order valence-corrected chi connectivity index (χ1v) is 5.64. The second kappa shape index (κ2) is 5.71. The maximum Gasteiger partial charge on any atom is 0.129 e. The van der Waals surface area contributed by atoms with Crippen LogP contribution in [0.3, 0.4) is 0 Å². The van der Waals surface area contributed by atoms with E-state index in [9.17, 15) is 0 Å². The Morgan fingerprint density at radius 3 is 2.73 bits per heavy atom. The molecule has 3 heteroatoms. The van der Waals surface area contributed by atoms with Crippen LogP contribution in [0.4, 0.5) is 5.82 Å². The van der Waals surface area contributed by atoms with Crippen molar-refractivity contribution in [2.75, 3.05) is 11.4 Å². The summed E-state index contributed by atoms with van der Waals surface area (Å²) in [5.74, 6) is 1.04. The van der Waals surface area contributed by atoms with Gasteiger partial charge in [-0.3, -0.25) is 0 Å². The van der Waals surface area contributed by atoms with E-state index in [-0.39, 0.29) is 0 Å². The molecule has 1 atom stereocenters. The van der Waals surface area contributed by atoms with Crippen molar-refractivity contribution in [1.82, 2.24) is 4.98 Å². The maximum absolute atomic E-state index is 5.62. The van der Waals surface area contributed by atoms with E-state index in [4.69, 9.17) is 5.73 Å². The van der Waals surface area contributed by atoms with Gasteiger partial charge in [0, 0.05) is 25.3 Å². The van der Waals surface area contributed by atoms with E-state index >= 15 is 0 Å². The van der Waals surface area contributed by atoms with Crippen LogP contribution in [0.5, 0.6) is 0 Å². The Balaban J connectivity index is 2.91. The fourth-order valence-electron chi connectivity index (χ4n) is 1.66. The average molecular weight is 207 g/mol. The van der Waals surface area contributed by atoms with Crippen LogP contribution < -0.4 is 10.6 Å². The normalized spacial score (nSPS) is 12.5. The largest absolute Gasteiger partial charge is 0.354 e. The van der Waals surface area contributed by atoms with Crippen LogP contribution >= 0.6 is 0 Å². The molecule has 0 spiro atoms. The van der Waals surface area contributed by atoms with E-state index in [2.05, 4.69) is 36.7 Å². The van der Waals surface area contributed by atoms with Crippen molar-refractivity contribution in [2.24, 2.45) is 5.73 Å². The Hall–Kier alpha value is -1.09. The lowest BCUT2D eigenvalue weighted by Crippen LogP contribution is -2.33. The molecular weight excluding hydrogens is 186 g/mol. The molecule has 1 heterocycles. The summed E-state index contributed by atoms with van der Waals surface area (Å²) in [5.41, 5.74) is 6.76. The van der Waals surface area contributed by atoms with E-state index in [0.717, 1.165) is 24.3 Å². The zero-order chi connectivity index (χ0) is 11.3. The molecule has 0 aliphatic rings. The van der Waals surface area contributed by atoms with Gasteiger partial charge in [-0.1, -0.05) is 6.92 Å². The lowest BCUT2D eigenvalue weighted by atomic mass is 10.2. The minimum absolute atomic E-state index is 0.524. The predicted octanol–water partition coefficient (Wildman–Crippen LogP) is 2.17. The molecule has 15 heavy (non-hydrogen) atoms. The number of aromatic nitrogens is 1. The minimum atomic E-state index is 0.524. The van der Waals surface area contributed by atoms with E-state index in [1.807, 2.05) is 12.3 Å². The van der Waals surface area contributed by atoms with E-state index in [1.165, 1.54) is 0 Å². The first kappa shape index (κ1) is 12.0. The van der Waals surface area contributed by atoms with E-state index in [0.29, 0.717) is 12.6 Å². The van der Waals surface area contributed by atoms with E-state index in [1.54, 1.807) is 0 Å². The third kappa shape index (κ3) is 2.93. The molecular formula is C12H21N3. The molecule has 0 aromatic carbocycles. The molecule has 1 aromatic heterocycles. The molecule has 0 aliphatic heterocycles. The van der Waals surface area contributed by atoms with Gasteiger partial charge in [-0.25, -0.2) is 4.98 Å². The molecule has 3 nitrogen and oxygen atoms in total. The SMILES string of the molecule is CCC(C)N(CC)c1cc(CN)ccn1. The van der Waals surface area contributed by atoms with E-state index < -0.39 is 0 Å². The molecule has 1 aromatic rings. The molecule has 0 amide bonds. The van der Waals surface area contributed by atoms with Crippen molar-refractivity contribution in [1.29, 1.82) is 0 Å². The van der Waals surface area contributed by atoms with Gasteiger partial charge in [-0.05, 0) is 38.0 Å². The smallest absolute Gasteiger partial charge is 0.129 e. The van der Waals surface area contributed by atoms with Gasteiger partial charge in [-0.2, -0.15) is 0 Å². The van der Waals surface area contributed by atoms with Crippen molar-refractivity contribution in [2.45, 2.75) is 39.8 Å².